The number of rotatable bonds is 7. The molecule has 3 rings (SSSR count). The average molecular weight is 479 g/mol. The van der Waals surface area contributed by atoms with Gasteiger partial charge in [0, 0.05) is 36.4 Å². The van der Waals surface area contributed by atoms with Crippen molar-refractivity contribution in [2.75, 3.05) is 18.5 Å². The molecule has 1 unspecified atom stereocenters. The van der Waals surface area contributed by atoms with E-state index in [1.54, 1.807) is 0 Å². The summed E-state index contributed by atoms with van der Waals surface area (Å²) in [4.78, 5) is 41.4. The van der Waals surface area contributed by atoms with Gasteiger partial charge in [0.1, 0.15) is 24.2 Å². The van der Waals surface area contributed by atoms with E-state index in [1.165, 1.54) is 18.6 Å². The molecular formula is C22H28F2N4O4Si. The fraction of sp³-hybridized carbons (Fsp3) is 0.455. The van der Waals surface area contributed by atoms with Gasteiger partial charge in [0.2, 0.25) is 11.8 Å². The van der Waals surface area contributed by atoms with Gasteiger partial charge in [0.05, 0.1) is 14.4 Å². The van der Waals surface area contributed by atoms with E-state index < -0.39 is 43.1 Å². The molecule has 0 bridgehead atoms. The van der Waals surface area contributed by atoms with E-state index in [1.807, 2.05) is 19.6 Å². The van der Waals surface area contributed by atoms with E-state index in [-0.39, 0.29) is 23.3 Å². The normalized spacial score (nSPS) is 15.7. The molecule has 1 aliphatic rings. The Labute approximate surface area is 191 Å². The second kappa shape index (κ2) is 10.3. The lowest BCUT2D eigenvalue weighted by Gasteiger charge is -2.30. The van der Waals surface area contributed by atoms with Gasteiger partial charge in [-0.25, -0.2) is 13.8 Å². The Morgan fingerprint density at radius 1 is 1.21 bits per heavy atom. The van der Waals surface area contributed by atoms with E-state index in [0.717, 1.165) is 16.7 Å². The Hall–Kier alpha value is -2.92. The van der Waals surface area contributed by atoms with Crippen LogP contribution in [-0.2, 0) is 20.9 Å². The Bertz CT molecular complexity index is 1060. The summed E-state index contributed by atoms with van der Waals surface area (Å²) < 4.78 is 35.7. The van der Waals surface area contributed by atoms with E-state index in [0.29, 0.717) is 26.1 Å². The van der Waals surface area contributed by atoms with Gasteiger partial charge in [-0.1, -0.05) is 19.6 Å². The van der Waals surface area contributed by atoms with Crippen molar-refractivity contribution in [2.45, 2.75) is 45.1 Å². The first-order chi connectivity index (χ1) is 15.6. The highest BCUT2D eigenvalue weighted by atomic mass is 28.3. The molecule has 1 fully saturated rings. The Balaban J connectivity index is 1.79. The smallest absolute Gasteiger partial charge is 0.253 e. The number of aromatic nitrogens is 2. The summed E-state index contributed by atoms with van der Waals surface area (Å²) in [6, 6.07) is 2.47. The van der Waals surface area contributed by atoms with Gasteiger partial charge in [-0.15, -0.1) is 0 Å². The molecule has 8 nitrogen and oxygen atoms in total. The second-order valence-corrected chi connectivity index (χ2v) is 14.1. The molecule has 1 atom stereocenters. The molecule has 2 aromatic rings. The Kier molecular flexibility index (Phi) is 7.75. The van der Waals surface area contributed by atoms with Gasteiger partial charge in [-0.2, -0.15) is 0 Å². The topological polar surface area (TPSA) is 102 Å². The van der Waals surface area contributed by atoms with Crippen LogP contribution in [0.2, 0.25) is 19.6 Å². The van der Waals surface area contributed by atoms with Crippen LogP contribution in [0.1, 0.15) is 12.8 Å². The molecule has 0 aliphatic carbocycles. The molecule has 0 saturated carbocycles. The number of anilines is 1. The minimum Gasteiger partial charge on any atom is -0.381 e. The molecule has 2 heterocycles. The van der Waals surface area contributed by atoms with E-state index in [4.69, 9.17) is 4.74 Å². The van der Waals surface area contributed by atoms with Crippen molar-refractivity contribution in [2.24, 2.45) is 5.92 Å². The van der Waals surface area contributed by atoms with E-state index >= 15 is 0 Å². The summed E-state index contributed by atoms with van der Waals surface area (Å²) in [6.45, 7) is 6.04. The van der Waals surface area contributed by atoms with Gasteiger partial charge in [-0.05, 0) is 30.9 Å². The zero-order valence-corrected chi connectivity index (χ0v) is 19.9. The van der Waals surface area contributed by atoms with Crippen molar-refractivity contribution in [1.29, 1.82) is 0 Å². The number of benzene rings is 1. The summed E-state index contributed by atoms with van der Waals surface area (Å²) in [7, 11) is -2.26. The molecule has 0 radical (unpaired) electrons. The number of amides is 2. The van der Waals surface area contributed by atoms with Gasteiger partial charge < -0.3 is 15.4 Å². The monoisotopic (exact) mass is 478 g/mol. The first-order valence-electron chi connectivity index (χ1n) is 10.7. The highest BCUT2D eigenvalue weighted by Crippen LogP contribution is 2.22. The van der Waals surface area contributed by atoms with Crippen LogP contribution in [0.5, 0.6) is 0 Å². The quantitative estimate of drug-likeness (QED) is 0.589. The summed E-state index contributed by atoms with van der Waals surface area (Å²) in [5.74, 6) is -2.78. The maximum absolute atomic E-state index is 14.6. The van der Waals surface area contributed by atoms with Crippen LogP contribution >= 0.6 is 0 Å². The van der Waals surface area contributed by atoms with Gasteiger partial charge in [0.15, 0.2) is 0 Å². The van der Waals surface area contributed by atoms with Crippen LogP contribution in [0.25, 0.3) is 0 Å². The number of nitrogens with one attached hydrogen (secondary N) is 2. The number of ether oxygens (including phenoxy) is 1. The number of carbonyl (C=O) groups is 2. The first-order valence-corrected chi connectivity index (χ1v) is 14.2. The highest BCUT2D eigenvalue weighted by molar-refractivity contribution is 6.88. The standard InChI is InChI=1S/C22H28F2N4O4Si/c1-33(2,3)21-16(23)10-15(11-17(21)24)26-22(31)20(14-5-8-32-9-6-14)27-18(29)12-28-13-25-7-4-19(28)30/h4,7,10-11,13-14,20H,5-6,8-9,12H2,1-3H3,(H,26,31)(H,27,29). The molecule has 2 N–H and O–H groups in total. The zero-order chi connectivity index (χ0) is 24.2. The summed E-state index contributed by atoms with van der Waals surface area (Å²) in [6.07, 6.45) is 3.61. The summed E-state index contributed by atoms with van der Waals surface area (Å²) in [5.41, 5.74) is -0.424. The maximum atomic E-state index is 14.6. The molecule has 1 saturated heterocycles. The zero-order valence-electron chi connectivity index (χ0n) is 18.9. The average Bonchev–Trinajstić information content (AvgIpc) is 2.72. The van der Waals surface area contributed by atoms with Crippen molar-refractivity contribution in [3.8, 4) is 0 Å². The molecule has 178 valence electrons. The molecule has 0 spiro atoms. The number of carbonyl (C=O) groups excluding carboxylic acids is 2. The lowest BCUT2D eigenvalue weighted by molar-refractivity contribution is -0.128. The minimum atomic E-state index is -2.26. The number of hydrogen-bond donors (Lipinski definition) is 2. The van der Waals surface area contributed by atoms with E-state index in [2.05, 4.69) is 15.6 Å². The highest BCUT2D eigenvalue weighted by Gasteiger charge is 2.32. The van der Waals surface area contributed by atoms with Crippen LogP contribution in [0.15, 0.2) is 35.5 Å². The van der Waals surface area contributed by atoms with Crippen LogP contribution in [0, 0.1) is 17.6 Å². The molecule has 1 aromatic carbocycles. The second-order valence-electron chi connectivity index (χ2n) is 9.10. The van der Waals surface area contributed by atoms with Crippen molar-refractivity contribution in [3.63, 3.8) is 0 Å². The molecule has 33 heavy (non-hydrogen) atoms. The molecule has 1 aromatic heterocycles. The van der Waals surface area contributed by atoms with Gasteiger partial charge in [0.25, 0.3) is 5.56 Å². The summed E-state index contributed by atoms with van der Waals surface area (Å²) >= 11 is 0. The first kappa shape index (κ1) is 24.7. The van der Waals surface area contributed by atoms with E-state index in [9.17, 15) is 23.2 Å². The molecule has 2 amide bonds. The third-order valence-electron chi connectivity index (χ3n) is 5.50. The minimum absolute atomic E-state index is 0.0215. The maximum Gasteiger partial charge on any atom is 0.253 e. The van der Waals surface area contributed by atoms with Crippen molar-refractivity contribution in [3.05, 3.63) is 52.7 Å². The van der Waals surface area contributed by atoms with Crippen LogP contribution < -0.4 is 21.4 Å². The van der Waals surface area contributed by atoms with Crippen molar-refractivity contribution >= 4 is 30.8 Å². The molecular weight excluding hydrogens is 450 g/mol. The fourth-order valence-electron chi connectivity index (χ4n) is 3.90. The fourth-order valence-corrected chi connectivity index (χ4v) is 5.48. The third-order valence-corrected chi connectivity index (χ3v) is 7.48. The predicted molar refractivity (Wildman–Crippen MR) is 122 cm³/mol. The Morgan fingerprint density at radius 3 is 2.42 bits per heavy atom. The van der Waals surface area contributed by atoms with Crippen molar-refractivity contribution in [1.82, 2.24) is 14.9 Å². The third kappa shape index (κ3) is 6.32. The number of halogens is 2. The van der Waals surface area contributed by atoms with Crippen LogP contribution in [0.3, 0.4) is 0 Å². The summed E-state index contributed by atoms with van der Waals surface area (Å²) in [5, 5.41) is 5.28. The Morgan fingerprint density at radius 2 is 1.85 bits per heavy atom. The van der Waals surface area contributed by atoms with Crippen LogP contribution in [-0.4, -0.2) is 48.7 Å². The SMILES string of the molecule is C[Si](C)(C)c1c(F)cc(NC(=O)C(NC(=O)Cn2cnccc2=O)C2CCOCC2)cc1F. The van der Waals surface area contributed by atoms with Crippen LogP contribution in [0.4, 0.5) is 14.5 Å². The molecule has 11 heteroatoms. The number of hydrogen-bond acceptors (Lipinski definition) is 5. The van der Waals surface area contributed by atoms with Gasteiger partial charge >= 0.3 is 0 Å². The van der Waals surface area contributed by atoms with Gasteiger partial charge in [-0.3, -0.25) is 19.0 Å². The molecule has 1 aliphatic heterocycles. The largest absolute Gasteiger partial charge is 0.381 e. The number of nitrogens with zero attached hydrogens (tertiary/aromatic N) is 2. The lowest BCUT2D eigenvalue weighted by atomic mass is 9.91. The van der Waals surface area contributed by atoms with Crippen molar-refractivity contribution < 1.29 is 23.1 Å². The predicted octanol–water partition coefficient (Wildman–Crippen LogP) is 1.62. The lowest BCUT2D eigenvalue weighted by Crippen LogP contribution is -2.51.